The van der Waals surface area contributed by atoms with Gasteiger partial charge in [-0.1, -0.05) is 0 Å². The van der Waals surface area contributed by atoms with E-state index < -0.39 is 21.7 Å². The minimum atomic E-state index is -3.99. The van der Waals surface area contributed by atoms with Crippen molar-refractivity contribution in [3.63, 3.8) is 0 Å². The molecule has 0 aliphatic rings. The van der Waals surface area contributed by atoms with Crippen molar-refractivity contribution in [3.8, 4) is 0 Å². The van der Waals surface area contributed by atoms with E-state index >= 15 is 0 Å². The highest BCUT2D eigenvalue weighted by atomic mass is 32.2. The molecule has 114 valence electrons. The van der Waals surface area contributed by atoms with Crippen molar-refractivity contribution in [2.75, 3.05) is 0 Å². The van der Waals surface area contributed by atoms with Crippen molar-refractivity contribution in [1.82, 2.24) is 24.7 Å². The smallest absolute Gasteiger partial charge is 0.357 e. The quantitative estimate of drug-likeness (QED) is 0.709. The third-order valence-corrected chi connectivity index (χ3v) is 4.71. The van der Waals surface area contributed by atoms with Gasteiger partial charge in [0.25, 0.3) is 0 Å². The number of nitrogens with one attached hydrogen (secondary N) is 2. The van der Waals surface area contributed by atoms with E-state index in [-0.39, 0.29) is 17.1 Å². The van der Waals surface area contributed by atoms with Gasteiger partial charge in [0, 0.05) is 24.8 Å². The molecule has 0 fully saturated rings. The molecule has 0 aliphatic heterocycles. The van der Waals surface area contributed by atoms with E-state index in [1.54, 1.807) is 17.9 Å². The number of nitrogens with zero attached hydrogens (tertiary/aromatic N) is 3. The summed E-state index contributed by atoms with van der Waals surface area (Å²) in [5, 5.41) is 18.9. The summed E-state index contributed by atoms with van der Waals surface area (Å²) in [6, 6.07) is 0. The lowest BCUT2D eigenvalue weighted by molar-refractivity contribution is 0.0686. The van der Waals surface area contributed by atoms with Crippen LogP contribution in [0.3, 0.4) is 0 Å². The van der Waals surface area contributed by atoms with Crippen LogP contribution in [0.1, 0.15) is 27.4 Å². The van der Waals surface area contributed by atoms with Gasteiger partial charge in [0.15, 0.2) is 5.69 Å². The summed E-state index contributed by atoms with van der Waals surface area (Å²) in [5.74, 6) is -1.41. The van der Waals surface area contributed by atoms with Gasteiger partial charge in [0.2, 0.25) is 10.0 Å². The number of rotatable bonds is 5. The number of carbonyl (C=O) groups is 1. The first-order valence-corrected chi connectivity index (χ1v) is 7.47. The van der Waals surface area contributed by atoms with E-state index in [9.17, 15) is 13.2 Å². The Hall–Kier alpha value is -2.20. The maximum Gasteiger partial charge on any atom is 0.357 e. The molecule has 9 nitrogen and oxygen atoms in total. The first-order valence-electron chi connectivity index (χ1n) is 5.99. The SMILES string of the molecule is Cc1[nH]nc(C(=O)O)c1S(=O)(=O)NCc1cnn(C)c1C. The van der Waals surface area contributed by atoms with Crippen molar-refractivity contribution in [2.24, 2.45) is 7.05 Å². The largest absolute Gasteiger partial charge is 0.476 e. The van der Waals surface area contributed by atoms with E-state index in [4.69, 9.17) is 5.11 Å². The minimum Gasteiger partial charge on any atom is -0.476 e. The summed E-state index contributed by atoms with van der Waals surface area (Å²) in [7, 11) is -2.24. The molecular weight excluding hydrogens is 298 g/mol. The standard InChI is InChI=1S/C11H15N5O4S/c1-6-10(9(11(17)18)15-14-6)21(19,20)13-5-8-4-12-16(3)7(8)2/h4,13H,5H2,1-3H3,(H,14,15)(H,17,18). The zero-order valence-corrected chi connectivity index (χ0v) is 12.5. The molecule has 2 rings (SSSR count). The third-order valence-electron chi connectivity index (χ3n) is 3.15. The Balaban J connectivity index is 2.29. The number of aryl methyl sites for hydroxylation is 2. The van der Waals surface area contributed by atoms with Crippen molar-refractivity contribution >= 4 is 16.0 Å². The number of aromatic nitrogens is 4. The predicted octanol–water partition coefficient (Wildman–Crippen LogP) is -0.0633. The second-order valence-electron chi connectivity index (χ2n) is 4.53. The fraction of sp³-hybridized carbons (Fsp3) is 0.364. The predicted molar refractivity (Wildman–Crippen MR) is 72.3 cm³/mol. The molecule has 2 heterocycles. The fourth-order valence-corrected chi connectivity index (χ4v) is 3.18. The molecular formula is C11H15N5O4S. The van der Waals surface area contributed by atoms with Crippen LogP contribution in [0, 0.1) is 13.8 Å². The average Bonchev–Trinajstić information content (AvgIpc) is 2.93. The van der Waals surface area contributed by atoms with Crippen LogP contribution in [0.25, 0.3) is 0 Å². The summed E-state index contributed by atoms with van der Waals surface area (Å²) in [5.41, 5.74) is 1.17. The van der Waals surface area contributed by atoms with Crippen LogP contribution in [-0.4, -0.2) is 39.5 Å². The summed E-state index contributed by atoms with van der Waals surface area (Å²) in [6.07, 6.45) is 1.55. The monoisotopic (exact) mass is 313 g/mol. The van der Waals surface area contributed by atoms with Gasteiger partial charge in [-0.05, 0) is 13.8 Å². The molecule has 0 saturated carbocycles. The van der Waals surface area contributed by atoms with Gasteiger partial charge in [0.05, 0.1) is 11.9 Å². The molecule has 0 bridgehead atoms. The van der Waals surface area contributed by atoms with E-state index in [0.717, 1.165) is 5.69 Å². The number of H-pyrrole nitrogens is 1. The zero-order valence-electron chi connectivity index (χ0n) is 11.7. The zero-order chi connectivity index (χ0) is 15.8. The Morgan fingerprint density at radius 1 is 1.48 bits per heavy atom. The van der Waals surface area contributed by atoms with Crippen LogP contribution >= 0.6 is 0 Å². The Kier molecular flexibility index (Phi) is 3.83. The summed E-state index contributed by atoms with van der Waals surface area (Å²) in [6.45, 7) is 3.28. The van der Waals surface area contributed by atoms with Crippen LogP contribution in [0.2, 0.25) is 0 Å². The Bertz CT molecular complexity index is 790. The van der Waals surface area contributed by atoms with Crippen molar-refractivity contribution in [3.05, 3.63) is 28.8 Å². The van der Waals surface area contributed by atoms with Crippen LogP contribution < -0.4 is 4.72 Å². The highest BCUT2D eigenvalue weighted by molar-refractivity contribution is 7.89. The highest BCUT2D eigenvalue weighted by Gasteiger charge is 2.28. The molecule has 0 aliphatic carbocycles. The fourth-order valence-electron chi connectivity index (χ4n) is 1.86. The summed E-state index contributed by atoms with van der Waals surface area (Å²) >= 11 is 0. The van der Waals surface area contributed by atoms with Crippen LogP contribution in [-0.2, 0) is 23.6 Å². The molecule has 0 atom stereocenters. The molecule has 2 aromatic heterocycles. The number of carboxylic acid groups (broad SMARTS) is 1. The lowest BCUT2D eigenvalue weighted by Crippen LogP contribution is -2.25. The Morgan fingerprint density at radius 3 is 2.67 bits per heavy atom. The number of sulfonamides is 1. The van der Waals surface area contributed by atoms with E-state index in [2.05, 4.69) is 20.0 Å². The average molecular weight is 313 g/mol. The van der Waals surface area contributed by atoms with E-state index in [1.807, 2.05) is 6.92 Å². The number of hydrogen-bond donors (Lipinski definition) is 3. The lowest BCUT2D eigenvalue weighted by Gasteiger charge is -2.06. The van der Waals surface area contributed by atoms with Gasteiger partial charge in [-0.2, -0.15) is 10.2 Å². The van der Waals surface area contributed by atoms with Gasteiger partial charge in [-0.25, -0.2) is 17.9 Å². The Morgan fingerprint density at radius 2 is 2.14 bits per heavy atom. The van der Waals surface area contributed by atoms with Gasteiger partial charge in [-0.15, -0.1) is 0 Å². The van der Waals surface area contributed by atoms with E-state index in [1.165, 1.54) is 6.92 Å². The molecule has 10 heteroatoms. The van der Waals surface area contributed by atoms with Crippen molar-refractivity contribution in [2.45, 2.75) is 25.3 Å². The Labute approximate surface area is 121 Å². The third kappa shape index (κ3) is 2.81. The van der Waals surface area contributed by atoms with Gasteiger partial charge in [0.1, 0.15) is 4.90 Å². The van der Waals surface area contributed by atoms with Crippen LogP contribution in [0.5, 0.6) is 0 Å². The molecule has 0 spiro atoms. The van der Waals surface area contributed by atoms with Crippen molar-refractivity contribution in [1.29, 1.82) is 0 Å². The number of carboxylic acids is 1. The van der Waals surface area contributed by atoms with Crippen molar-refractivity contribution < 1.29 is 18.3 Å². The topological polar surface area (TPSA) is 130 Å². The minimum absolute atomic E-state index is 0.0195. The molecule has 21 heavy (non-hydrogen) atoms. The number of aromatic carboxylic acids is 1. The molecule has 0 aromatic carbocycles. The first kappa shape index (κ1) is 15.2. The van der Waals surface area contributed by atoms with E-state index in [0.29, 0.717) is 5.56 Å². The molecule has 3 N–H and O–H groups in total. The summed E-state index contributed by atoms with van der Waals surface area (Å²) in [4.78, 5) is 10.7. The number of aromatic amines is 1. The maximum absolute atomic E-state index is 12.3. The second-order valence-corrected chi connectivity index (χ2v) is 6.24. The van der Waals surface area contributed by atoms with Gasteiger partial charge < -0.3 is 5.11 Å². The molecule has 0 radical (unpaired) electrons. The molecule has 0 amide bonds. The van der Waals surface area contributed by atoms with Gasteiger partial charge in [-0.3, -0.25) is 9.78 Å². The number of hydrogen-bond acceptors (Lipinski definition) is 5. The van der Waals surface area contributed by atoms with Crippen LogP contribution in [0.4, 0.5) is 0 Å². The molecule has 0 unspecified atom stereocenters. The second kappa shape index (κ2) is 5.30. The highest BCUT2D eigenvalue weighted by Crippen LogP contribution is 2.18. The van der Waals surface area contributed by atoms with Crippen LogP contribution in [0.15, 0.2) is 11.1 Å². The molecule has 2 aromatic rings. The molecule has 0 saturated heterocycles. The summed E-state index contributed by atoms with van der Waals surface area (Å²) < 4.78 is 28.5. The van der Waals surface area contributed by atoms with Gasteiger partial charge >= 0.3 is 5.97 Å². The normalized spacial score (nSPS) is 11.8. The first-order chi connectivity index (χ1) is 9.74. The lowest BCUT2D eigenvalue weighted by atomic mass is 10.3. The maximum atomic E-state index is 12.3.